The monoisotopic (exact) mass is 503 g/mol. The summed E-state index contributed by atoms with van der Waals surface area (Å²) in [5, 5.41) is 1.14. The summed E-state index contributed by atoms with van der Waals surface area (Å²) in [7, 11) is 0. The fourth-order valence-corrected chi connectivity index (χ4v) is 4.76. The van der Waals surface area contributed by atoms with Gasteiger partial charge in [-0.1, -0.05) is 97.1 Å². The molecule has 2 aromatic heterocycles. The van der Waals surface area contributed by atoms with E-state index in [2.05, 4.69) is 6.07 Å². The highest BCUT2D eigenvalue weighted by Gasteiger charge is 2.14. The lowest BCUT2D eigenvalue weighted by Gasteiger charge is -2.10. The molecule has 0 spiro atoms. The maximum Gasteiger partial charge on any atom is 0.200 e. The van der Waals surface area contributed by atoms with Crippen molar-refractivity contribution in [2.75, 3.05) is 0 Å². The van der Waals surface area contributed by atoms with Gasteiger partial charge in [-0.25, -0.2) is 15.0 Å². The molecule has 2 heterocycles. The number of hydrogen-bond donors (Lipinski definition) is 0. The second-order valence-electron chi connectivity index (χ2n) is 9.26. The van der Waals surface area contributed by atoms with Crippen LogP contribution in [0.1, 0.15) is 0 Å². The van der Waals surface area contributed by atoms with Gasteiger partial charge in [-0.05, 0) is 41.5 Å². The van der Waals surface area contributed by atoms with E-state index < -0.39 is 0 Å². The van der Waals surface area contributed by atoms with Crippen LogP contribution in [0.3, 0.4) is 0 Å². The van der Waals surface area contributed by atoms with Crippen molar-refractivity contribution in [2.24, 2.45) is 0 Å². The molecule has 0 atom stereocenters. The van der Waals surface area contributed by atoms with Crippen LogP contribution < -0.4 is 5.43 Å². The molecule has 0 unspecified atom stereocenters. The molecule has 0 amide bonds. The Hall–Kier alpha value is -5.42. The molecule has 7 rings (SSSR count). The standard InChI is InChI=1S/C34H21N3O2/c38-31-27-16-7-8-17-29(27)39-30-21-25(18-19-28(30)31)24-14-9-15-26(20-24)34-36-32(22-10-3-1-4-11-22)35-33(37-34)23-12-5-2-6-13-23/h1-21H. The molecule has 0 aliphatic carbocycles. The van der Waals surface area contributed by atoms with E-state index in [0.717, 1.165) is 27.8 Å². The largest absolute Gasteiger partial charge is 0.456 e. The Labute approximate surface area is 224 Å². The molecule has 184 valence electrons. The second-order valence-corrected chi connectivity index (χ2v) is 9.26. The Bertz CT molecular complexity index is 1980. The van der Waals surface area contributed by atoms with E-state index in [-0.39, 0.29) is 5.43 Å². The highest BCUT2D eigenvalue weighted by Crippen LogP contribution is 2.30. The third kappa shape index (κ3) is 4.26. The van der Waals surface area contributed by atoms with Crippen molar-refractivity contribution in [3.63, 3.8) is 0 Å². The predicted octanol–water partition coefficient (Wildman–Crippen LogP) is 7.80. The van der Waals surface area contributed by atoms with Crippen molar-refractivity contribution in [3.05, 3.63) is 138 Å². The van der Waals surface area contributed by atoms with Gasteiger partial charge in [0.05, 0.1) is 10.8 Å². The van der Waals surface area contributed by atoms with Crippen LogP contribution in [0.2, 0.25) is 0 Å². The summed E-state index contributed by atoms with van der Waals surface area (Å²) in [6.07, 6.45) is 0. The average molecular weight is 504 g/mol. The molecule has 0 saturated heterocycles. The van der Waals surface area contributed by atoms with Crippen molar-refractivity contribution >= 4 is 21.9 Å². The summed E-state index contributed by atoms with van der Waals surface area (Å²) in [5.41, 5.74) is 5.71. The molecule has 0 bridgehead atoms. The number of rotatable bonds is 4. The van der Waals surface area contributed by atoms with Crippen LogP contribution in [-0.4, -0.2) is 15.0 Å². The zero-order valence-electron chi connectivity index (χ0n) is 20.8. The Kier molecular flexibility index (Phi) is 5.52. The topological polar surface area (TPSA) is 68.9 Å². The van der Waals surface area contributed by atoms with Gasteiger partial charge in [-0.15, -0.1) is 0 Å². The lowest BCUT2D eigenvalue weighted by molar-refractivity contribution is 0.660. The summed E-state index contributed by atoms with van der Waals surface area (Å²) in [6, 6.07) is 40.9. The van der Waals surface area contributed by atoms with E-state index in [9.17, 15) is 4.79 Å². The first-order chi connectivity index (χ1) is 19.2. The van der Waals surface area contributed by atoms with Crippen LogP contribution >= 0.6 is 0 Å². The molecule has 0 N–H and O–H groups in total. The van der Waals surface area contributed by atoms with E-state index in [1.165, 1.54) is 0 Å². The molecule has 7 aromatic rings. The first kappa shape index (κ1) is 22.8. The van der Waals surface area contributed by atoms with E-state index in [1.54, 1.807) is 6.07 Å². The molecule has 39 heavy (non-hydrogen) atoms. The summed E-state index contributed by atoms with van der Waals surface area (Å²) in [4.78, 5) is 27.5. The van der Waals surface area contributed by atoms with Gasteiger partial charge in [0.25, 0.3) is 0 Å². The molecule has 0 aliphatic rings. The van der Waals surface area contributed by atoms with Crippen LogP contribution in [0.25, 0.3) is 67.2 Å². The van der Waals surface area contributed by atoms with Gasteiger partial charge in [0.1, 0.15) is 11.2 Å². The molecule has 5 heteroatoms. The minimum atomic E-state index is -0.0285. The van der Waals surface area contributed by atoms with Crippen molar-refractivity contribution in [1.82, 2.24) is 15.0 Å². The summed E-state index contributed by atoms with van der Waals surface area (Å²) >= 11 is 0. The Balaban J connectivity index is 1.36. The predicted molar refractivity (Wildman–Crippen MR) is 155 cm³/mol. The molecule has 5 aromatic carbocycles. The van der Waals surface area contributed by atoms with Crippen molar-refractivity contribution in [1.29, 1.82) is 0 Å². The van der Waals surface area contributed by atoms with Crippen LogP contribution in [0.15, 0.2) is 137 Å². The zero-order valence-corrected chi connectivity index (χ0v) is 20.8. The van der Waals surface area contributed by atoms with Crippen LogP contribution in [0, 0.1) is 0 Å². The average Bonchev–Trinajstić information content (AvgIpc) is 3.02. The highest BCUT2D eigenvalue weighted by atomic mass is 16.3. The minimum absolute atomic E-state index is 0.0285. The SMILES string of the molecule is O=c1c2ccccc2oc2cc(-c3cccc(-c4nc(-c5ccccc5)nc(-c5ccccc5)n4)c3)ccc12. The highest BCUT2D eigenvalue weighted by molar-refractivity contribution is 5.92. The van der Waals surface area contributed by atoms with Gasteiger partial charge in [-0.2, -0.15) is 0 Å². The fraction of sp³-hybridized carbons (Fsp3) is 0. The molecule has 0 fully saturated rings. The quantitative estimate of drug-likeness (QED) is 0.229. The maximum absolute atomic E-state index is 13.0. The molecular formula is C34H21N3O2. The smallest absolute Gasteiger partial charge is 0.200 e. The molecule has 5 nitrogen and oxygen atoms in total. The Morgan fingerprint density at radius 1 is 0.410 bits per heavy atom. The van der Waals surface area contributed by atoms with Gasteiger partial charge in [0.2, 0.25) is 5.43 Å². The second kappa shape index (κ2) is 9.47. The fourth-order valence-electron chi connectivity index (χ4n) is 4.76. The molecule has 0 saturated carbocycles. The number of fused-ring (bicyclic) bond motifs is 2. The number of benzene rings is 5. The van der Waals surface area contributed by atoms with Gasteiger partial charge >= 0.3 is 0 Å². The van der Waals surface area contributed by atoms with Crippen LogP contribution in [-0.2, 0) is 0 Å². The normalized spacial score (nSPS) is 11.2. The van der Waals surface area contributed by atoms with Gasteiger partial charge in [0, 0.05) is 16.7 Å². The summed E-state index contributed by atoms with van der Waals surface area (Å²) < 4.78 is 6.10. The van der Waals surface area contributed by atoms with Crippen LogP contribution in [0.5, 0.6) is 0 Å². The van der Waals surface area contributed by atoms with E-state index >= 15 is 0 Å². The van der Waals surface area contributed by atoms with E-state index in [4.69, 9.17) is 19.4 Å². The lowest BCUT2D eigenvalue weighted by atomic mass is 10.0. The first-order valence-corrected chi connectivity index (χ1v) is 12.7. The van der Waals surface area contributed by atoms with Gasteiger partial charge in [-0.3, -0.25) is 4.79 Å². The van der Waals surface area contributed by atoms with Crippen molar-refractivity contribution < 1.29 is 4.42 Å². The first-order valence-electron chi connectivity index (χ1n) is 12.7. The Morgan fingerprint density at radius 3 is 1.62 bits per heavy atom. The number of aromatic nitrogens is 3. The summed E-state index contributed by atoms with van der Waals surface area (Å²) in [5.74, 6) is 1.82. The summed E-state index contributed by atoms with van der Waals surface area (Å²) in [6.45, 7) is 0. The maximum atomic E-state index is 13.0. The zero-order chi connectivity index (χ0) is 26.2. The third-order valence-electron chi connectivity index (χ3n) is 6.73. The van der Waals surface area contributed by atoms with Crippen molar-refractivity contribution in [3.8, 4) is 45.3 Å². The van der Waals surface area contributed by atoms with Gasteiger partial charge in [0.15, 0.2) is 17.5 Å². The van der Waals surface area contributed by atoms with Gasteiger partial charge < -0.3 is 4.42 Å². The number of para-hydroxylation sites is 1. The van der Waals surface area contributed by atoms with Crippen LogP contribution in [0.4, 0.5) is 0 Å². The number of hydrogen-bond acceptors (Lipinski definition) is 5. The Morgan fingerprint density at radius 2 is 0.923 bits per heavy atom. The number of nitrogens with zero attached hydrogens (tertiary/aromatic N) is 3. The molecular weight excluding hydrogens is 482 g/mol. The van der Waals surface area contributed by atoms with E-state index in [1.807, 2.05) is 115 Å². The van der Waals surface area contributed by atoms with Crippen molar-refractivity contribution in [2.45, 2.75) is 0 Å². The molecule has 0 radical (unpaired) electrons. The third-order valence-corrected chi connectivity index (χ3v) is 6.73. The minimum Gasteiger partial charge on any atom is -0.456 e. The van der Waals surface area contributed by atoms with E-state index in [0.29, 0.717) is 39.4 Å². The lowest BCUT2D eigenvalue weighted by Crippen LogP contribution is -2.01. The molecule has 0 aliphatic heterocycles.